The zero-order valence-corrected chi connectivity index (χ0v) is 7.86. The van der Waals surface area contributed by atoms with E-state index in [0.717, 1.165) is 30.7 Å². The molecular formula is C12H11NO. The van der Waals surface area contributed by atoms with Crippen molar-refractivity contribution in [2.24, 2.45) is 0 Å². The fraction of sp³-hybridized carbons (Fsp3) is 0.250. The maximum atomic E-state index is 5.59. The number of hydrogen-bond acceptors (Lipinski definition) is 2. The van der Waals surface area contributed by atoms with Crippen molar-refractivity contribution < 1.29 is 4.74 Å². The number of fused-ring (bicyclic) bond motifs is 2. The molecule has 0 atom stereocenters. The van der Waals surface area contributed by atoms with E-state index in [4.69, 9.17) is 4.74 Å². The third-order valence-corrected chi connectivity index (χ3v) is 2.63. The molecule has 0 bridgehead atoms. The molecule has 0 unspecified atom stereocenters. The van der Waals surface area contributed by atoms with Crippen LogP contribution in [0.5, 0.6) is 5.75 Å². The minimum absolute atomic E-state index is 0.839. The predicted octanol–water partition coefficient (Wildman–Crippen LogP) is 2.56. The molecule has 3 rings (SSSR count). The van der Waals surface area contributed by atoms with Gasteiger partial charge in [0.25, 0.3) is 0 Å². The molecular weight excluding hydrogens is 174 g/mol. The van der Waals surface area contributed by atoms with E-state index in [0.29, 0.717) is 0 Å². The molecule has 0 radical (unpaired) electrons. The highest BCUT2D eigenvalue weighted by atomic mass is 16.5. The Morgan fingerprint density at radius 1 is 1.29 bits per heavy atom. The number of nitrogens with zero attached hydrogens (tertiary/aromatic N) is 1. The minimum Gasteiger partial charge on any atom is -0.493 e. The fourth-order valence-corrected chi connectivity index (χ4v) is 1.92. The van der Waals surface area contributed by atoms with Crippen LogP contribution in [0.2, 0.25) is 0 Å². The third kappa shape index (κ3) is 1.15. The molecule has 14 heavy (non-hydrogen) atoms. The molecule has 2 nitrogen and oxygen atoms in total. The molecule has 70 valence electrons. The molecule has 2 heteroatoms. The number of aryl methyl sites for hydroxylation is 1. The maximum Gasteiger partial charge on any atom is 0.124 e. The van der Waals surface area contributed by atoms with Gasteiger partial charge in [-0.05, 0) is 30.5 Å². The predicted molar refractivity (Wildman–Crippen MR) is 55.6 cm³/mol. The number of pyridine rings is 1. The summed E-state index contributed by atoms with van der Waals surface area (Å²) in [7, 11) is 0. The Morgan fingerprint density at radius 2 is 2.29 bits per heavy atom. The summed E-state index contributed by atoms with van der Waals surface area (Å²) in [6, 6.07) is 8.30. The summed E-state index contributed by atoms with van der Waals surface area (Å²) < 4.78 is 5.59. The molecule has 0 spiro atoms. The zero-order chi connectivity index (χ0) is 9.38. The molecule has 1 aromatic carbocycles. The Labute approximate surface area is 82.5 Å². The van der Waals surface area contributed by atoms with Gasteiger partial charge in [0.1, 0.15) is 5.75 Å². The highest BCUT2D eigenvalue weighted by Crippen LogP contribution is 2.28. The topological polar surface area (TPSA) is 22.1 Å². The molecule has 2 aromatic rings. The lowest BCUT2D eigenvalue weighted by atomic mass is 10.0. The van der Waals surface area contributed by atoms with E-state index in [-0.39, 0.29) is 0 Å². The van der Waals surface area contributed by atoms with Crippen LogP contribution < -0.4 is 4.74 Å². The molecule has 0 N–H and O–H groups in total. The van der Waals surface area contributed by atoms with Gasteiger partial charge in [0.15, 0.2) is 0 Å². The number of rotatable bonds is 0. The number of benzene rings is 1. The van der Waals surface area contributed by atoms with Crippen molar-refractivity contribution in [3.05, 3.63) is 36.0 Å². The van der Waals surface area contributed by atoms with E-state index in [2.05, 4.69) is 17.1 Å². The van der Waals surface area contributed by atoms with Crippen LogP contribution in [0.3, 0.4) is 0 Å². The van der Waals surface area contributed by atoms with Gasteiger partial charge in [-0.2, -0.15) is 0 Å². The van der Waals surface area contributed by atoms with Crippen LogP contribution in [-0.2, 0) is 6.42 Å². The molecule has 1 aliphatic heterocycles. The second-order valence-corrected chi connectivity index (χ2v) is 3.61. The SMILES string of the molecule is c1cnc2cc3c(cc2c1)CCCO3. The van der Waals surface area contributed by atoms with Crippen molar-refractivity contribution >= 4 is 10.9 Å². The lowest BCUT2D eigenvalue weighted by molar-refractivity contribution is 0.289. The van der Waals surface area contributed by atoms with Gasteiger partial charge in [-0.25, -0.2) is 0 Å². The van der Waals surface area contributed by atoms with Crippen LogP contribution in [0.4, 0.5) is 0 Å². The molecule has 0 amide bonds. The third-order valence-electron chi connectivity index (χ3n) is 2.63. The second-order valence-electron chi connectivity index (χ2n) is 3.61. The van der Waals surface area contributed by atoms with Crippen LogP contribution in [0.15, 0.2) is 30.5 Å². The number of ether oxygens (including phenoxy) is 1. The summed E-state index contributed by atoms with van der Waals surface area (Å²) in [5, 5.41) is 1.21. The first kappa shape index (κ1) is 7.80. The summed E-state index contributed by atoms with van der Waals surface area (Å²) in [6.07, 6.45) is 4.07. The highest BCUT2D eigenvalue weighted by Gasteiger charge is 2.10. The first-order chi connectivity index (χ1) is 6.93. The molecule has 0 fully saturated rings. The van der Waals surface area contributed by atoms with Crippen LogP contribution in [-0.4, -0.2) is 11.6 Å². The minimum atomic E-state index is 0.839. The van der Waals surface area contributed by atoms with Crippen LogP contribution >= 0.6 is 0 Å². The van der Waals surface area contributed by atoms with Gasteiger partial charge in [-0.15, -0.1) is 0 Å². The number of aromatic nitrogens is 1. The van der Waals surface area contributed by atoms with E-state index in [1.807, 2.05) is 18.3 Å². The fourth-order valence-electron chi connectivity index (χ4n) is 1.92. The largest absolute Gasteiger partial charge is 0.493 e. The van der Waals surface area contributed by atoms with Gasteiger partial charge in [0, 0.05) is 17.6 Å². The smallest absolute Gasteiger partial charge is 0.124 e. The summed E-state index contributed by atoms with van der Waals surface area (Å²) in [5.41, 5.74) is 2.34. The molecule has 1 aromatic heterocycles. The van der Waals surface area contributed by atoms with Gasteiger partial charge in [0.05, 0.1) is 12.1 Å². The zero-order valence-electron chi connectivity index (χ0n) is 7.86. The molecule has 0 saturated heterocycles. The van der Waals surface area contributed by atoms with Gasteiger partial charge in [-0.3, -0.25) is 4.98 Å². The monoisotopic (exact) mass is 185 g/mol. The lowest BCUT2D eigenvalue weighted by Crippen LogP contribution is -2.08. The normalized spacial score (nSPS) is 14.9. The van der Waals surface area contributed by atoms with Crippen molar-refractivity contribution in [2.75, 3.05) is 6.61 Å². The van der Waals surface area contributed by atoms with Gasteiger partial charge < -0.3 is 4.74 Å². The summed E-state index contributed by atoms with van der Waals surface area (Å²) in [5.74, 6) is 1.02. The summed E-state index contributed by atoms with van der Waals surface area (Å²) in [4.78, 5) is 4.31. The van der Waals surface area contributed by atoms with Gasteiger partial charge in [-0.1, -0.05) is 6.07 Å². The molecule has 2 heterocycles. The average molecular weight is 185 g/mol. The van der Waals surface area contributed by atoms with Crippen LogP contribution in [0.25, 0.3) is 10.9 Å². The lowest BCUT2D eigenvalue weighted by Gasteiger charge is -2.17. The van der Waals surface area contributed by atoms with E-state index in [9.17, 15) is 0 Å². The quantitative estimate of drug-likeness (QED) is 0.629. The highest BCUT2D eigenvalue weighted by molar-refractivity contribution is 5.81. The molecule has 0 aliphatic carbocycles. The van der Waals surface area contributed by atoms with E-state index in [1.54, 1.807) is 0 Å². The Bertz CT molecular complexity index is 434. The molecule has 1 aliphatic rings. The van der Waals surface area contributed by atoms with Crippen molar-refractivity contribution in [1.82, 2.24) is 4.98 Å². The Morgan fingerprint density at radius 3 is 3.29 bits per heavy atom. The first-order valence-corrected chi connectivity index (χ1v) is 4.94. The first-order valence-electron chi connectivity index (χ1n) is 4.94. The Balaban J connectivity index is 2.27. The van der Waals surface area contributed by atoms with Gasteiger partial charge in [0.2, 0.25) is 0 Å². The van der Waals surface area contributed by atoms with E-state index < -0.39 is 0 Å². The molecule has 0 saturated carbocycles. The number of hydrogen-bond donors (Lipinski definition) is 0. The van der Waals surface area contributed by atoms with Crippen LogP contribution in [0, 0.1) is 0 Å². The standard InChI is InChI=1S/C12H11NO/c1-3-9-7-10-4-2-6-14-12(10)8-11(9)13-5-1/h1,3,5,7-8H,2,4,6H2. The van der Waals surface area contributed by atoms with Crippen molar-refractivity contribution in [1.29, 1.82) is 0 Å². The van der Waals surface area contributed by atoms with Crippen LogP contribution in [0.1, 0.15) is 12.0 Å². The summed E-state index contributed by atoms with van der Waals surface area (Å²) >= 11 is 0. The average Bonchev–Trinajstić information content (AvgIpc) is 2.26. The Hall–Kier alpha value is -1.57. The van der Waals surface area contributed by atoms with E-state index >= 15 is 0 Å². The maximum absolute atomic E-state index is 5.59. The van der Waals surface area contributed by atoms with Gasteiger partial charge >= 0.3 is 0 Å². The van der Waals surface area contributed by atoms with Crippen molar-refractivity contribution in [3.8, 4) is 5.75 Å². The Kier molecular flexibility index (Phi) is 1.66. The van der Waals surface area contributed by atoms with Crippen molar-refractivity contribution in [3.63, 3.8) is 0 Å². The van der Waals surface area contributed by atoms with E-state index in [1.165, 1.54) is 10.9 Å². The summed E-state index contributed by atoms with van der Waals surface area (Å²) in [6.45, 7) is 0.839. The second kappa shape index (κ2) is 2.98. The van der Waals surface area contributed by atoms with Crippen molar-refractivity contribution in [2.45, 2.75) is 12.8 Å².